The number of benzene rings is 1. The number of hydrogen-bond acceptors (Lipinski definition) is 5. The molecule has 1 atom stereocenters. The third kappa shape index (κ3) is 5.14. The van der Waals surface area contributed by atoms with Crippen molar-refractivity contribution in [3.8, 4) is 0 Å². The van der Waals surface area contributed by atoms with Gasteiger partial charge < -0.3 is 10.1 Å². The van der Waals surface area contributed by atoms with Crippen molar-refractivity contribution in [2.45, 2.75) is 62.7 Å². The molecule has 0 aliphatic heterocycles. The Kier molecular flexibility index (Phi) is 7.50. The summed E-state index contributed by atoms with van der Waals surface area (Å²) in [7, 11) is 1.61. The van der Waals surface area contributed by atoms with Crippen LogP contribution in [-0.2, 0) is 9.53 Å². The molecule has 1 aromatic carbocycles. The molecule has 0 bridgehead atoms. The Labute approximate surface area is 170 Å². The number of methoxy groups -OCH3 is 1. The fourth-order valence-corrected chi connectivity index (χ4v) is 4.66. The number of rotatable bonds is 7. The van der Waals surface area contributed by atoms with Crippen molar-refractivity contribution in [1.29, 1.82) is 0 Å². The molecular formula is C21H29N3O3S. The van der Waals surface area contributed by atoms with Crippen molar-refractivity contribution in [1.82, 2.24) is 14.9 Å². The maximum absolute atomic E-state index is 13.0. The molecule has 2 aromatic rings. The molecule has 1 fully saturated rings. The van der Waals surface area contributed by atoms with E-state index in [1.54, 1.807) is 17.7 Å². The van der Waals surface area contributed by atoms with E-state index < -0.39 is 0 Å². The summed E-state index contributed by atoms with van der Waals surface area (Å²) in [6, 6.07) is 7.43. The lowest BCUT2D eigenvalue weighted by Crippen LogP contribution is -2.36. The van der Waals surface area contributed by atoms with Gasteiger partial charge >= 0.3 is 0 Å². The van der Waals surface area contributed by atoms with Gasteiger partial charge in [-0.15, -0.1) is 0 Å². The third-order valence-corrected chi connectivity index (χ3v) is 6.13. The van der Waals surface area contributed by atoms with Gasteiger partial charge in [0.2, 0.25) is 5.91 Å². The minimum Gasteiger partial charge on any atom is -0.383 e. The van der Waals surface area contributed by atoms with Gasteiger partial charge in [0.15, 0.2) is 5.16 Å². The third-order valence-electron chi connectivity index (χ3n) is 5.18. The summed E-state index contributed by atoms with van der Waals surface area (Å²) in [5.74, 6) is 0.256. The molecule has 0 radical (unpaired) electrons. The molecule has 1 amide bonds. The molecule has 3 rings (SSSR count). The van der Waals surface area contributed by atoms with E-state index in [1.165, 1.54) is 37.4 Å². The molecule has 28 heavy (non-hydrogen) atoms. The monoisotopic (exact) mass is 403 g/mol. The number of para-hydroxylation sites is 1. The first kappa shape index (κ1) is 20.9. The fraction of sp³-hybridized carbons (Fsp3) is 0.571. The second kappa shape index (κ2) is 10.1. The first-order valence-corrected chi connectivity index (χ1v) is 11.0. The number of thioether (sulfide) groups is 1. The predicted octanol–water partition coefficient (Wildman–Crippen LogP) is 3.54. The van der Waals surface area contributed by atoms with Crippen molar-refractivity contribution in [2.24, 2.45) is 0 Å². The summed E-state index contributed by atoms with van der Waals surface area (Å²) in [4.78, 5) is 30.2. The SMILES string of the molecule is COC[C@H](C)n1c(SCC(=O)NC2CCCCCC2)nc2ccccc2c1=O. The van der Waals surface area contributed by atoms with E-state index in [9.17, 15) is 9.59 Å². The topological polar surface area (TPSA) is 73.2 Å². The van der Waals surface area contributed by atoms with E-state index in [2.05, 4.69) is 10.3 Å². The van der Waals surface area contributed by atoms with E-state index in [0.717, 1.165) is 12.8 Å². The van der Waals surface area contributed by atoms with Crippen LogP contribution in [0.4, 0.5) is 0 Å². The number of fused-ring (bicyclic) bond motifs is 1. The van der Waals surface area contributed by atoms with Gasteiger partial charge in [-0.1, -0.05) is 49.6 Å². The second-order valence-corrected chi connectivity index (χ2v) is 8.38. The van der Waals surface area contributed by atoms with Crippen LogP contribution in [0.25, 0.3) is 10.9 Å². The maximum Gasteiger partial charge on any atom is 0.262 e. The summed E-state index contributed by atoms with van der Waals surface area (Å²) < 4.78 is 6.89. The highest BCUT2D eigenvalue weighted by Gasteiger charge is 2.19. The van der Waals surface area contributed by atoms with Crippen LogP contribution in [0.3, 0.4) is 0 Å². The zero-order valence-corrected chi connectivity index (χ0v) is 17.5. The molecule has 6 nitrogen and oxygen atoms in total. The number of ether oxygens (including phenoxy) is 1. The molecule has 152 valence electrons. The van der Waals surface area contributed by atoms with Crippen LogP contribution in [0.1, 0.15) is 51.5 Å². The van der Waals surface area contributed by atoms with Gasteiger partial charge in [-0.25, -0.2) is 4.98 Å². The molecular weight excluding hydrogens is 374 g/mol. The molecule has 0 unspecified atom stereocenters. The first-order valence-electron chi connectivity index (χ1n) is 10.0. The smallest absolute Gasteiger partial charge is 0.262 e. The Morgan fingerprint density at radius 3 is 2.71 bits per heavy atom. The number of hydrogen-bond donors (Lipinski definition) is 1. The maximum atomic E-state index is 13.0. The fourth-order valence-electron chi connectivity index (χ4n) is 3.75. The second-order valence-electron chi connectivity index (χ2n) is 7.44. The molecule has 1 aliphatic carbocycles. The number of amides is 1. The van der Waals surface area contributed by atoms with Crippen LogP contribution in [0.2, 0.25) is 0 Å². The van der Waals surface area contributed by atoms with Crippen LogP contribution >= 0.6 is 11.8 Å². The van der Waals surface area contributed by atoms with Gasteiger partial charge in [0, 0.05) is 13.2 Å². The van der Waals surface area contributed by atoms with Crippen molar-refractivity contribution in [3.05, 3.63) is 34.6 Å². The summed E-state index contributed by atoms with van der Waals surface area (Å²) >= 11 is 1.32. The minimum atomic E-state index is -0.165. The van der Waals surface area contributed by atoms with Crippen LogP contribution in [-0.4, -0.2) is 41.0 Å². The number of carbonyl (C=O) groups excluding carboxylic acids is 1. The highest BCUT2D eigenvalue weighted by molar-refractivity contribution is 7.99. The largest absolute Gasteiger partial charge is 0.383 e. The van der Waals surface area contributed by atoms with Crippen molar-refractivity contribution in [2.75, 3.05) is 19.5 Å². The van der Waals surface area contributed by atoms with Crippen LogP contribution in [0.5, 0.6) is 0 Å². The van der Waals surface area contributed by atoms with E-state index in [0.29, 0.717) is 22.7 Å². The molecule has 1 saturated carbocycles. The molecule has 0 saturated heterocycles. The lowest BCUT2D eigenvalue weighted by atomic mass is 10.1. The predicted molar refractivity (Wildman–Crippen MR) is 113 cm³/mol. The molecule has 1 aliphatic rings. The summed E-state index contributed by atoms with van der Waals surface area (Å²) in [5, 5.41) is 4.30. The first-order chi connectivity index (χ1) is 13.6. The van der Waals surface area contributed by atoms with E-state index >= 15 is 0 Å². The van der Waals surface area contributed by atoms with Gasteiger partial charge in [0.05, 0.1) is 29.3 Å². The van der Waals surface area contributed by atoms with Crippen molar-refractivity contribution < 1.29 is 9.53 Å². The average molecular weight is 404 g/mol. The Morgan fingerprint density at radius 2 is 2.00 bits per heavy atom. The molecule has 1 aromatic heterocycles. The van der Waals surface area contributed by atoms with E-state index in [4.69, 9.17) is 4.74 Å². The molecule has 1 N–H and O–H groups in total. The Bertz CT molecular complexity index is 860. The van der Waals surface area contributed by atoms with Crippen LogP contribution in [0, 0.1) is 0 Å². The summed E-state index contributed by atoms with van der Waals surface area (Å²) in [5.41, 5.74) is 0.557. The van der Waals surface area contributed by atoms with Crippen LogP contribution < -0.4 is 10.9 Å². The Morgan fingerprint density at radius 1 is 1.29 bits per heavy atom. The van der Waals surface area contributed by atoms with Gasteiger partial charge in [-0.2, -0.15) is 0 Å². The highest BCUT2D eigenvalue weighted by Crippen LogP contribution is 2.22. The molecule has 0 spiro atoms. The zero-order valence-electron chi connectivity index (χ0n) is 16.6. The van der Waals surface area contributed by atoms with Gasteiger partial charge in [0.25, 0.3) is 5.56 Å². The number of aromatic nitrogens is 2. The van der Waals surface area contributed by atoms with E-state index in [1.807, 2.05) is 25.1 Å². The standard InChI is InChI=1S/C21H29N3O3S/c1-15(13-27-2)24-20(26)17-11-7-8-12-18(17)23-21(24)28-14-19(25)22-16-9-5-3-4-6-10-16/h7-8,11-12,15-16H,3-6,9-10,13-14H2,1-2H3,(H,22,25)/t15-/m0/s1. The average Bonchev–Trinajstić information content (AvgIpc) is 2.95. The summed E-state index contributed by atoms with van der Waals surface area (Å²) in [6.45, 7) is 2.33. The van der Waals surface area contributed by atoms with Crippen molar-refractivity contribution in [3.63, 3.8) is 0 Å². The normalized spacial score (nSPS) is 16.6. The van der Waals surface area contributed by atoms with Crippen molar-refractivity contribution >= 4 is 28.6 Å². The highest BCUT2D eigenvalue weighted by atomic mass is 32.2. The number of nitrogens with zero attached hydrogens (tertiary/aromatic N) is 2. The Balaban J connectivity index is 1.78. The lowest BCUT2D eigenvalue weighted by Gasteiger charge is -2.19. The van der Waals surface area contributed by atoms with E-state index in [-0.39, 0.29) is 29.3 Å². The lowest BCUT2D eigenvalue weighted by molar-refractivity contribution is -0.119. The van der Waals surface area contributed by atoms with Gasteiger partial charge in [-0.05, 0) is 31.9 Å². The zero-order chi connectivity index (χ0) is 19.9. The quantitative estimate of drug-likeness (QED) is 0.435. The van der Waals surface area contributed by atoms with Crippen LogP contribution in [0.15, 0.2) is 34.2 Å². The minimum absolute atomic E-state index is 0.00486. The number of nitrogens with one attached hydrogen (secondary N) is 1. The van der Waals surface area contributed by atoms with Gasteiger partial charge in [0.1, 0.15) is 0 Å². The molecule has 7 heteroatoms. The van der Waals surface area contributed by atoms with Gasteiger partial charge in [-0.3, -0.25) is 14.2 Å². The Hall–Kier alpha value is -1.86. The summed E-state index contributed by atoms with van der Waals surface area (Å²) in [6.07, 6.45) is 6.98. The molecule has 1 heterocycles. The number of carbonyl (C=O) groups is 1.